The smallest absolute Gasteiger partial charge is 0.217 e. The van der Waals surface area contributed by atoms with Crippen LogP contribution in [0.25, 0.3) is 0 Å². The molecule has 6 heteroatoms. The number of hydrogen-bond donors (Lipinski definition) is 1. The molecule has 1 heterocycles. The van der Waals surface area contributed by atoms with Crippen LogP contribution in [0.15, 0.2) is 29.2 Å². The zero-order chi connectivity index (χ0) is 15.5. The summed E-state index contributed by atoms with van der Waals surface area (Å²) in [5, 5.41) is -0.287. The second-order valence-corrected chi connectivity index (χ2v) is 7.89. The number of hydrogen-bond acceptors (Lipinski definition) is 4. The highest BCUT2D eigenvalue weighted by Crippen LogP contribution is 2.24. The van der Waals surface area contributed by atoms with E-state index in [1.54, 1.807) is 24.3 Å². The van der Waals surface area contributed by atoms with Crippen molar-refractivity contribution in [2.75, 3.05) is 20.1 Å². The number of nitrogens with two attached hydrogens (primary N) is 1. The Hall–Kier alpha value is -1.40. The van der Waals surface area contributed by atoms with E-state index in [1.807, 2.05) is 7.05 Å². The molecule has 1 aromatic rings. The average molecular weight is 310 g/mol. The summed E-state index contributed by atoms with van der Waals surface area (Å²) in [5.41, 5.74) is 6.04. The lowest BCUT2D eigenvalue weighted by Crippen LogP contribution is -2.37. The van der Waals surface area contributed by atoms with Crippen LogP contribution in [0.3, 0.4) is 0 Å². The van der Waals surface area contributed by atoms with Crippen molar-refractivity contribution in [3.05, 3.63) is 29.8 Å². The number of benzene rings is 1. The van der Waals surface area contributed by atoms with E-state index in [-0.39, 0.29) is 17.6 Å². The number of primary amides is 1. The van der Waals surface area contributed by atoms with Crippen LogP contribution >= 0.6 is 0 Å². The summed E-state index contributed by atoms with van der Waals surface area (Å²) in [6, 6.07) is 6.82. The molecule has 2 N–H and O–H groups in total. The first-order valence-electron chi connectivity index (χ1n) is 7.19. The standard InChI is InChI=1S/C15H22N2O3S/c1-17-10-8-14(9-11-17)21(19,20)13-5-2-12(3-6-13)4-7-15(16)18/h2-3,5-6,14H,4,7-11H2,1H3,(H2,16,18). The van der Waals surface area contributed by atoms with E-state index in [2.05, 4.69) is 4.90 Å². The maximum Gasteiger partial charge on any atom is 0.217 e. The molecule has 1 fully saturated rings. The van der Waals surface area contributed by atoms with E-state index >= 15 is 0 Å². The van der Waals surface area contributed by atoms with Crippen molar-refractivity contribution in [2.45, 2.75) is 35.8 Å². The number of piperidine rings is 1. The highest BCUT2D eigenvalue weighted by molar-refractivity contribution is 7.92. The first kappa shape index (κ1) is 16.0. The van der Waals surface area contributed by atoms with Gasteiger partial charge in [0.1, 0.15) is 0 Å². The first-order chi connectivity index (χ1) is 9.89. The zero-order valence-corrected chi connectivity index (χ0v) is 13.1. The van der Waals surface area contributed by atoms with Gasteiger partial charge >= 0.3 is 0 Å². The van der Waals surface area contributed by atoms with Gasteiger partial charge in [-0.1, -0.05) is 12.1 Å². The summed E-state index contributed by atoms with van der Waals surface area (Å²) in [4.78, 5) is 13.3. The molecule has 0 spiro atoms. The van der Waals surface area contributed by atoms with Crippen LogP contribution in [0.2, 0.25) is 0 Å². The van der Waals surface area contributed by atoms with Crippen LogP contribution in [0.4, 0.5) is 0 Å². The van der Waals surface area contributed by atoms with Crippen molar-refractivity contribution in [1.82, 2.24) is 4.90 Å². The van der Waals surface area contributed by atoms with Crippen LogP contribution < -0.4 is 5.73 Å². The molecule has 1 amide bonds. The molecule has 0 aromatic heterocycles. The molecule has 1 aromatic carbocycles. The first-order valence-corrected chi connectivity index (χ1v) is 8.74. The second kappa shape index (κ2) is 6.58. The average Bonchev–Trinajstić information content (AvgIpc) is 2.46. The van der Waals surface area contributed by atoms with Gasteiger partial charge in [0.2, 0.25) is 5.91 Å². The van der Waals surface area contributed by atoms with Crippen molar-refractivity contribution in [1.29, 1.82) is 0 Å². The minimum Gasteiger partial charge on any atom is -0.370 e. The maximum absolute atomic E-state index is 12.6. The monoisotopic (exact) mass is 310 g/mol. The molecule has 0 unspecified atom stereocenters. The largest absolute Gasteiger partial charge is 0.370 e. The Balaban J connectivity index is 2.08. The van der Waals surface area contributed by atoms with Gasteiger partial charge in [-0.2, -0.15) is 0 Å². The topological polar surface area (TPSA) is 80.5 Å². The molecular formula is C15H22N2O3S. The molecule has 0 aliphatic carbocycles. The number of aryl methyl sites for hydroxylation is 1. The molecule has 1 aliphatic heterocycles. The molecule has 1 saturated heterocycles. The molecule has 5 nitrogen and oxygen atoms in total. The fourth-order valence-electron chi connectivity index (χ4n) is 2.60. The Labute approximate surface area is 126 Å². The number of rotatable bonds is 5. The van der Waals surface area contributed by atoms with Crippen LogP contribution in [0, 0.1) is 0 Å². The molecule has 0 atom stereocenters. The van der Waals surface area contributed by atoms with Gasteiger partial charge in [0.05, 0.1) is 10.1 Å². The minimum absolute atomic E-state index is 0.279. The van der Waals surface area contributed by atoms with Crippen molar-refractivity contribution >= 4 is 15.7 Å². The summed E-state index contributed by atoms with van der Waals surface area (Å²) in [6.45, 7) is 1.64. The number of amides is 1. The highest BCUT2D eigenvalue weighted by atomic mass is 32.2. The lowest BCUT2D eigenvalue weighted by molar-refractivity contribution is -0.117. The molecule has 0 radical (unpaired) electrons. The van der Waals surface area contributed by atoms with E-state index in [1.165, 1.54) is 0 Å². The minimum atomic E-state index is -3.25. The van der Waals surface area contributed by atoms with E-state index in [0.29, 0.717) is 24.2 Å². The number of carbonyl (C=O) groups is 1. The van der Waals surface area contributed by atoms with E-state index < -0.39 is 9.84 Å². The summed E-state index contributed by atoms with van der Waals surface area (Å²) in [5.74, 6) is -0.349. The molecule has 116 valence electrons. The van der Waals surface area contributed by atoms with Crippen LogP contribution in [0.1, 0.15) is 24.8 Å². The maximum atomic E-state index is 12.6. The third-order valence-electron chi connectivity index (χ3n) is 4.02. The van der Waals surface area contributed by atoms with Gasteiger partial charge in [0, 0.05) is 6.42 Å². The predicted molar refractivity (Wildman–Crippen MR) is 81.7 cm³/mol. The zero-order valence-electron chi connectivity index (χ0n) is 12.3. The van der Waals surface area contributed by atoms with Gasteiger partial charge in [-0.15, -0.1) is 0 Å². The quantitative estimate of drug-likeness (QED) is 0.879. The Morgan fingerprint density at radius 1 is 1.24 bits per heavy atom. The Morgan fingerprint density at radius 2 is 1.81 bits per heavy atom. The fraction of sp³-hybridized carbons (Fsp3) is 0.533. The van der Waals surface area contributed by atoms with Crippen molar-refractivity contribution in [3.8, 4) is 0 Å². The Morgan fingerprint density at radius 3 is 2.33 bits per heavy atom. The third-order valence-corrected chi connectivity index (χ3v) is 6.29. The summed E-state index contributed by atoms with van der Waals surface area (Å²) >= 11 is 0. The summed E-state index contributed by atoms with van der Waals surface area (Å²) < 4.78 is 25.2. The van der Waals surface area contributed by atoms with E-state index in [0.717, 1.165) is 18.7 Å². The lowest BCUT2D eigenvalue weighted by Gasteiger charge is -2.28. The van der Waals surface area contributed by atoms with E-state index in [9.17, 15) is 13.2 Å². The summed E-state index contributed by atoms with van der Waals surface area (Å²) in [7, 11) is -1.24. The fourth-order valence-corrected chi connectivity index (χ4v) is 4.33. The molecular weight excluding hydrogens is 288 g/mol. The van der Waals surface area contributed by atoms with Crippen molar-refractivity contribution in [3.63, 3.8) is 0 Å². The molecule has 2 rings (SSSR count). The molecule has 0 saturated carbocycles. The van der Waals surface area contributed by atoms with Gasteiger partial charge < -0.3 is 10.6 Å². The van der Waals surface area contributed by atoms with Gasteiger partial charge in [0.15, 0.2) is 9.84 Å². The van der Waals surface area contributed by atoms with E-state index in [4.69, 9.17) is 5.73 Å². The van der Waals surface area contributed by atoms with Crippen molar-refractivity contribution in [2.24, 2.45) is 5.73 Å². The van der Waals surface area contributed by atoms with Gasteiger partial charge in [-0.05, 0) is 57.1 Å². The van der Waals surface area contributed by atoms with Crippen LogP contribution in [-0.4, -0.2) is 44.6 Å². The predicted octanol–water partition coefficient (Wildman–Crippen LogP) is 0.972. The number of likely N-dealkylation sites (tertiary alicyclic amines) is 1. The lowest BCUT2D eigenvalue weighted by atomic mass is 10.1. The summed E-state index contributed by atoms with van der Waals surface area (Å²) in [6.07, 6.45) is 2.19. The highest BCUT2D eigenvalue weighted by Gasteiger charge is 2.30. The molecule has 21 heavy (non-hydrogen) atoms. The Bertz CT molecular complexity index is 588. The molecule has 1 aliphatic rings. The van der Waals surface area contributed by atoms with Crippen LogP contribution in [-0.2, 0) is 21.1 Å². The third kappa shape index (κ3) is 4.04. The number of carbonyl (C=O) groups excluding carboxylic acids is 1. The Kier molecular flexibility index (Phi) is 5.00. The van der Waals surface area contributed by atoms with Gasteiger partial charge in [-0.25, -0.2) is 8.42 Å². The SMILES string of the molecule is CN1CCC(S(=O)(=O)c2ccc(CCC(N)=O)cc2)CC1. The van der Waals surface area contributed by atoms with Crippen molar-refractivity contribution < 1.29 is 13.2 Å². The number of sulfone groups is 1. The van der Waals surface area contributed by atoms with Crippen LogP contribution in [0.5, 0.6) is 0 Å². The van der Waals surface area contributed by atoms with Gasteiger partial charge in [0.25, 0.3) is 0 Å². The molecule has 0 bridgehead atoms. The second-order valence-electron chi connectivity index (χ2n) is 5.66. The van der Waals surface area contributed by atoms with Gasteiger partial charge in [-0.3, -0.25) is 4.79 Å². The number of nitrogens with zero attached hydrogens (tertiary/aromatic N) is 1. The normalized spacial score (nSPS) is 17.8.